The number of aryl methyl sites for hydroxylation is 2. The van der Waals surface area contributed by atoms with E-state index in [0.29, 0.717) is 17.3 Å². The van der Waals surface area contributed by atoms with E-state index >= 15 is 0 Å². The molecule has 0 radical (unpaired) electrons. The van der Waals surface area contributed by atoms with Crippen LogP contribution in [-0.2, 0) is 0 Å². The molecule has 0 aliphatic rings. The monoisotopic (exact) mass is 271 g/mol. The predicted octanol–water partition coefficient (Wildman–Crippen LogP) is 3.24. The number of nitrogens with two attached hydrogens (primary N) is 1. The van der Waals surface area contributed by atoms with Gasteiger partial charge in [-0.2, -0.15) is 0 Å². The van der Waals surface area contributed by atoms with Gasteiger partial charge in [-0.1, -0.05) is 13.0 Å². The van der Waals surface area contributed by atoms with Gasteiger partial charge >= 0.3 is 0 Å². The quantitative estimate of drug-likeness (QED) is 0.778. The van der Waals surface area contributed by atoms with Crippen molar-refractivity contribution in [3.63, 3.8) is 0 Å². The highest BCUT2D eigenvalue weighted by molar-refractivity contribution is 5.77. The molecule has 5 heteroatoms. The first kappa shape index (κ1) is 14.1. The minimum atomic E-state index is 0.542. The molecule has 1 aromatic carbocycles. The van der Waals surface area contributed by atoms with Crippen molar-refractivity contribution in [2.24, 2.45) is 0 Å². The van der Waals surface area contributed by atoms with Gasteiger partial charge in [0.25, 0.3) is 0 Å². The largest absolute Gasteiger partial charge is 0.393 e. The van der Waals surface area contributed by atoms with Crippen LogP contribution in [0.25, 0.3) is 0 Å². The van der Waals surface area contributed by atoms with E-state index < -0.39 is 0 Å². The molecular formula is C15H21N5. The Kier molecular flexibility index (Phi) is 4.40. The van der Waals surface area contributed by atoms with Crippen molar-refractivity contribution in [3.8, 4) is 0 Å². The number of hydrogen-bond acceptors (Lipinski definition) is 5. The van der Waals surface area contributed by atoms with E-state index in [1.165, 1.54) is 17.5 Å². The lowest BCUT2D eigenvalue weighted by Crippen LogP contribution is -2.08. The predicted molar refractivity (Wildman–Crippen MR) is 84.4 cm³/mol. The molecule has 0 spiro atoms. The number of nitrogens with zero attached hydrogens (tertiary/aromatic N) is 2. The van der Waals surface area contributed by atoms with Crippen molar-refractivity contribution in [1.29, 1.82) is 0 Å². The van der Waals surface area contributed by atoms with Crippen molar-refractivity contribution in [2.75, 3.05) is 22.9 Å². The van der Waals surface area contributed by atoms with E-state index in [1.807, 2.05) is 0 Å². The van der Waals surface area contributed by atoms with Crippen LogP contribution in [0.15, 0.2) is 24.5 Å². The number of hydrogen-bond donors (Lipinski definition) is 3. The fraction of sp³-hybridized carbons (Fsp3) is 0.333. The lowest BCUT2D eigenvalue weighted by atomic mass is 10.1. The van der Waals surface area contributed by atoms with E-state index in [1.54, 1.807) is 0 Å². The molecule has 4 N–H and O–H groups in total. The Labute approximate surface area is 119 Å². The van der Waals surface area contributed by atoms with Crippen molar-refractivity contribution in [2.45, 2.75) is 27.2 Å². The topological polar surface area (TPSA) is 75.9 Å². The molecule has 1 heterocycles. The van der Waals surface area contributed by atoms with Gasteiger partial charge in [-0.05, 0) is 43.5 Å². The van der Waals surface area contributed by atoms with Gasteiger partial charge < -0.3 is 16.4 Å². The molecule has 0 fully saturated rings. The summed E-state index contributed by atoms with van der Waals surface area (Å²) in [6.45, 7) is 7.06. The summed E-state index contributed by atoms with van der Waals surface area (Å²) in [4.78, 5) is 8.38. The Bertz CT molecular complexity index is 575. The van der Waals surface area contributed by atoms with Crippen LogP contribution in [-0.4, -0.2) is 16.5 Å². The number of benzene rings is 1. The van der Waals surface area contributed by atoms with Gasteiger partial charge in [0.05, 0.1) is 0 Å². The number of nitrogen functional groups attached to an aromatic ring is 1. The van der Waals surface area contributed by atoms with Crippen molar-refractivity contribution in [1.82, 2.24) is 9.97 Å². The number of aromatic nitrogens is 2. The van der Waals surface area contributed by atoms with Gasteiger partial charge in [-0.15, -0.1) is 0 Å². The van der Waals surface area contributed by atoms with Crippen LogP contribution in [0, 0.1) is 13.8 Å². The highest BCUT2D eigenvalue weighted by atomic mass is 15.1. The molecule has 0 atom stereocenters. The lowest BCUT2D eigenvalue weighted by Gasteiger charge is -2.13. The Balaban J connectivity index is 2.24. The van der Waals surface area contributed by atoms with E-state index in [9.17, 15) is 0 Å². The molecule has 0 bridgehead atoms. The zero-order valence-electron chi connectivity index (χ0n) is 12.2. The first-order valence-corrected chi connectivity index (χ1v) is 6.79. The molecule has 0 saturated heterocycles. The average Bonchev–Trinajstić information content (AvgIpc) is 2.38. The van der Waals surface area contributed by atoms with Crippen LogP contribution in [0.3, 0.4) is 0 Å². The zero-order valence-corrected chi connectivity index (χ0v) is 12.2. The van der Waals surface area contributed by atoms with Gasteiger partial charge in [0.2, 0.25) is 0 Å². The van der Waals surface area contributed by atoms with Gasteiger partial charge in [0.15, 0.2) is 11.6 Å². The summed E-state index contributed by atoms with van der Waals surface area (Å²) in [6, 6.07) is 6.25. The summed E-state index contributed by atoms with van der Waals surface area (Å²) in [5.74, 6) is 1.30. The van der Waals surface area contributed by atoms with Gasteiger partial charge in [-0.25, -0.2) is 9.97 Å². The standard InChI is InChI=1S/C15H21N5/c1-4-5-17-14-13(16)15(19-9-18-14)20-12-7-10(2)6-11(3)8-12/h6-9H,4-5,16H2,1-3H3,(H2,17,18,19,20). The summed E-state index contributed by atoms with van der Waals surface area (Å²) in [5, 5.41) is 6.45. The summed E-state index contributed by atoms with van der Waals surface area (Å²) < 4.78 is 0. The van der Waals surface area contributed by atoms with Crippen LogP contribution in [0.2, 0.25) is 0 Å². The second-order valence-corrected chi connectivity index (χ2v) is 4.91. The Hall–Kier alpha value is -2.30. The first-order chi connectivity index (χ1) is 9.60. The summed E-state index contributed by atoms with van der Waals surface area (Å²) in [7, 11) is 0. The van der Waals surface area contributed by atoms with Crippen LogP contribution < -0.4 is 16.4 Å². The molecular weight excluding hydrogens is 250 g/mol. The summed E-state index contributed by atoms with van der Waals surface area (Å²) in [5.41, 5.74) is 10.0. The average molecular weight is 271 g/mol. The van der Waals surface area contributed by atoms with Gasteiger partial charge in [0.1, 0.15) is 12.0 Å². The molecule has 0 aliphatic carbocycles. The molecule has 0 saturated carbocycles. The van der Waals surface area contributed by atoms with Crippen LogP contribution in [0.1, 0.15) is 24.5 Å². The second kappa shape index (κ2) is 6.23. The Morgan fingerprint density at radius 1 is 1.05 bits per heavy atom. The van der Waals surface area contributed by atoms with E-state index in [4.69, 9.17) is 5.73 Å². The highest BCUT2D eigenvalue weighted by Gasteiger charge is 2.08. The van der Waals surface area contributed by atoms with Crippen LogP contribution >= 0.6 is 0 Å². The number of nitrogens with one attached hydrogen (secondary N) is 2. The first-order valence-electron chi connectivity index (χ1n) is 6.79. The highest BCUT2D eigenvalue weighted by Crippen LogP contribution is 2.26. The van der Waals surface area contributed by atoms with Gasteiger partial charge in [0, 0.05) is 12.2 Å². The maximum Gasteiger partial charge on any atom is 0.159 e. The molecule has 20 heavy (non-hydrogen) atoms. The third-order valence-corrected chi connectivity index (χ3v) is 2.91. The van der Waals surface area contributed by atoms with Gasteiger partial charge in [-0.3, -0.25) is 0 Å². The van der Waals surface area contributed by atoms with E-state index in [2.05, 4.69) is 59.6 Å². The smallest absolute Gasteiger partial charge is 0.159 e. The number of rotatable bonds is 5. The molecule has 0 amide bonds. The molecule has 2 rings (SSSR count). The maximum atomic E-state index is 6.10. The minimum Gasteiger partial charge on any atom is -0.393 e. The second-order valence-electron chi connectivity index (χ2n) is 4.91. The third-order valence-electron chi connectivity index (χ3n) is 2.91. The molecule has 1 aromatic heterocycles. The zero-order chi connectivity index (χ0) is 14.5. The maximum absolute atomic E-state index is 6.10. The Morgan fingerprint density at radius 2 is 1.70 bits per heavy atom. The SMILES string of the molecule is CCCNc1ncnc(Nc2cc(C)cc(C)c2)c1N. The Morgan fingerprint density at radius 3 is 2.35 bits per heavy atom. The van der Waals surface area contributed by atoms with Crippen LogP contribution in [0.5, 0.6) is 0 Å². The summed E-state index contributed by atoms with van der Waals surface area (Å²) >= 11 is 0. The number of anilines is 4. The van der Waals surface area contributed by atoms with Crippen molar-refractivity contribution < 1.29 is 0 Å². The molecule has 5 nitrogen and oxygen atoms in total. The third kappa shape index (κ3) is 3.38. The fourth-order valence-electron chi connectivity index (χ4n) is 2.06. The van der Waals surface area contributed by atoms with Crippen molar-refractivity contribution >= 4 is 23.0 Å². The molecule has 0 unspecified atom stereocenters. The molecule has 106 valence electrons. The van der Waals surface area contributed by atoms with E-state index in [-0.39, 0.29) is 0 Å². The minimum absolute atomic E-state index is 0.542. The van der Waals surface area contributed by atoms with Crippen molar-refractivity contribution in [3.05, 3.63) is 35.7 Å². The lowest BCUT2D eigenvalue weighted by molar-refractivity contribution is 0.966. The van der Waals surface area contributed by atoms with Crippen LogP contribution in [0.4, 0.5) is 23.0 Å². The normalized spacial score (nSPS) is 10.3. The summed E-state index contributed by atoms with van der Waals surface area (Å²) in [6.07, 6.45) is 2.53. The molecule has 2 aromatic rings. The fourth-order valence-corrected chi connectivity index (χ4v) is 2.06. The van der Waals surface area contributed by atoms with E-state index in [0.717, 1.165) is 18.7 Å². The molecule has 0 aliphatic heterocycles.